The predicted octanol–water partition coefficient (Wildman–Crippen LogP) is 1.47. The minimum absolute atomic E-state index is 0.0641. The Morgan fingerprint density at radius 3 is 2.77 bits per heavy atom. The summed E-state index contributed by atoms with van der Waals surface area (Å²) in [6.07, 6.45) is 2.84. The highest BCUT2D eigenvalue weighted by Crippen LogP contribution is 2.16. The van der Waals surface area contributed by atoms with E-state index in [2.05, 4.69) is 5.32 Å². The van der Waals surface area contributed by atoms with Gasteiger partial charge in [0.25, 0.3) is 0 Å². The first kappa shape index (κ1) is 10.5. The first-order valence-electron chi connectivity index (χ1n) is 5.01. The van der Waals surface area contributed by atoms with E-state index in [1.54, 1.807) is 0 Å². The Hall–Kier alpha value is -0.570. The minimum atomic E-state index is -0.318. The Bertz CT molecular complexity index is 183. The molecule has 0 aliphatic carbocycles. The summed E-state index contributed by atoms with van der Waals surface area (Å²) in [6.45, 7) is 6.85. The van der Waals surface area contributed by atoms with E-state index in [0.717, 1.165) is 25.8 Å². The average Bonchev–Trinajstić information content (AvgIpc) is 2.55. The molecule has 1 heterocycles. The number of hydrogen-bond acceptors (Lipinski definition) is 3. The first-order chi connectivity index (χ1) is 6.05. The van der Waals surface area contributed by atoms with Crippen molar-refractivity contribution >= 4 is 5.97 Å². The molecule has 76 valence electrons. The summed E-state index contributed by atoms with van der Waals surface area (Å²) in [5.74, 6) is -0.0932. The van der Waals surface area contributed by atoms with Crippen LogP contribution >= 0.6 is 0 Å². The topological polar surface area (TPSA) is 38.3 Å². The standard InChI is InChI=1S/C10H19NO2/c1-4-10(2,3)13-9(12)8-6-5-7-11-8/h8,11H,4-7H2,1-3H3/t8-/m0/s1. The highest BCUT2D eigenvalue weighted by Gasteiger charge is 2.28. The molecule has 0 spiro atoms. The maximum absolute atomic E-state index is 11.5. The summed E-state index contributed by atoms with van der Waals surface area (Å²) in [5, 5.41) is 3.13. The molecule has 1 fully saturated rings. The number of nitrogens with one attached hydrogen (secondary N) is 1. The lowest BCUT2D eigenvalue weighted by Gasteiger charge is -2.25. The molecule has 0 aromatic carbocycles. The van der Waals surface area contributed by atoms with Gasteiger partial charge in [-0.2, -0.15) is 0 Å². The summed E-state index contributed by atoms with van der Waals surface area (Å²) in [7, 11) is 0. The zero-order valence-corrected chi connectivity index (χ0v) is 8.72. The molecular weight excluding hydrogens is 166 g/mol. The van der Waals surface area contributed by atoms with Crippen LogP contribution in [0.2, 0.25) is 0 Å². The van der Waals surface area contributed by atoms with Crippen molar-refractivity contribution in [2.75, 3.05) is 6.54 Å². The van der Waals surface area contributed by atoms with Crippen molar-refractivity contribution in [1.82, 2.24) is 5.32 Å². The zero-order valence-electron chi connectivity index (χ0n) is 8.72. The van der Waals surface area contributed by atoms with Gasteiger partial charge >= 0.3 is 5.97 Å². The maximum atomic E-state index is 11.5. The monoisotopic (exact) mass is 185 g/mol. The van der Waals surface area contributed by atoms with Gasteiger partial charge in [-0.3, -0.25) is 4.79 Å². The molecule has 0 saturated carbocycles. The molecule has 0 bridgehead atoms. The Balaban J connectivity index is 2.40. The van der Waals surface area contributed by atoms with E-state index in [1.165, 1.54) is 0 Å². The molecule has 1 rings (SSSR count). The third-order valence-corrected chi connectivity index (χ3v) is 2.57. The van der Waals surface area contributed by atoms with Crippen molar-refractivity contribution < 1.29 is 9.53 Å². The van der Waals surface area contributed by atoms with E-state index >= 15 is 0 Å². The molecule has 0 aromatic heterocycles. The molecule has 1 atom stereocenters. The molecule has 1 saturated heterocycles. The largest absolute Gasteiger partial charge is 0.459 e. The van der Waals surface area contributed by atoms with E-state index in [9.17, 15) is 4.79 Å². The predicted molar refractivity (Wildman–Crippen MR) is 51.5 cm³/mol. The van der Waals surface area contributed by atoms with Gasteiger partial charge in [-0.05, 0) is 39.7 Å². The van der Waals surface area contributed by atoms with E-state index in [4.69, 9.17) is 4.74 Å². The van der Waals surface area contributed by atoms with Crippen LogP contribution in [0.3, 0.4) is 0 Å². The average molecular weight is 185 g/mol. The smallest absolute Gasteiger partial charge is 0.323 e. The summed E-state index contributed by atoms with van der Waals surface area (Å²) in [5.41, 5.74) is -0.318. The van der Waals surface area contributed by atoms with E-state index in [1.807, 2.05) is 20.8 Å². The third kappa shape index (κ3) is 2.99. The summed E-state index contributed by atoms with van der Waals surface area (Å²) < 4.78 is 5.37. The fourth-order valence-electron chi connectivity index (χ4n) is 1.30. The van der Waals surface area contributed by atoms with Crippen LogP contribution in [0, 0.1) is 0 Å². The van der Waals surface area contributed by atoms with Gasteiger partial charge in [0.1, 0.15) is 11.6 Å². The third-order valence-electron chi connectivity index (χ3n) is 2.57. The van der Waals surface area contributed by atoms with Gasteiger partial charge in [0.2, 0.25) is 0 Å². The van der Waals surface area contributed by atoms with Crippen molar-refractivity contribution in [1.29, 1.82) is 0 Å². The SMILES string of the molecule is CCC(C)(C)OC(=O)[C@@H]1CCCN1. The van der Waals surface area contributed by atoms with Gasteiger partial charge in [-0.15, -0.1) is 0 Å². The van der Waals surface area contributed by atoms with Gasteiger partial charge < -0.3 is 10.1 Å². The highest BCUT2D eigenvalue weighted by molar-refractivity contribution is 5.76. The normalized spacial score (nSPS) is 23.2. The summed E-state index contributed by atoms with van der Waals surface area (Å²) >= 11 is 0. The van der Waals surface area contributed by atoms with E-state index in [-0.39, 0.29) is 17.6 Å². The second-order valence-corrected chi connectivity index (χ2v) is 4.18. The van der Waals surface area contributed by atoms with Crippen molar-refractivity contribution in [2.45, 2.75) is 51.7 Å². The zero-order chi connectivity index (χ0) is 9.90. The van der Waals surface area contributed by atoms with Gasteiger partial charge in [0.15, 0.2) is 0 Å². The van der Waals surface area contributed by atoms with E-state index < -0.39 is 0 Å². The molecule has 3 heteroatoms. The fourth-order valence-corrected chi connectivity index (χ4v) is 1.30. The molecule has 0 radical (unpaired) electrons. The number of ether oxygens (including phenoxy) is 1. The molecule has 13 heavy (non-hydrogen) atoms. The quantitative estimate of drug-likeness (QED) is 0.677. The van der Waals surface area contributed by atoms with Gasteiger partial charge in [-0.1, -0.05) is 6.92 Å². The van der Waals surface area contributed by atoms with Gasteiger partial charge in [-0.25, -0.2) is 0 Å². The van der Waals surface area contributed by atoms with Crippen molar-refractivity contribution in [3.05, 3.63) is 0 Å². The van der Waals surface area contributed by atoms with Crippen LogP contribution in [0.25, 0.3) is 0 Å². The molecule has 0 unspecified atom stereocenters. The van der Waals surface area contributed by atoms with Crippen LogP contribution in [0.4, 0.5) is 0 Å². The lowest BCUT2D eigenvalue weighted by molar-refractivity contribution is -0.158. The molecule has 1 aliphatic heterocycles. The highest BCUT2D eigenvalue weighted by atomic mass is 16.6. The molecule has 1 aliphatic rings. The van der Waals surface area contributed by atoms with E-state index in [0.29, 0.717) is 0 Å². The van der Waals surface area contributed by atoms with Crippen LogP contribution in [-0.2, 0) is 9.53 Å². The second-order valence-electron chi connectivity index (χ2n) is 4.18. The number of carbonyl (C=O) groups is 1. The van der Waals surface area contributed by atoms with Gasteiger partial charge in [0, 0.05) is 0 Å². The molecule has 0 aromatic rings. The Kier molecular flexibility index (Phi) is 3.31. The van der Waals surface area contributed by atoms with Gasteiger partial charge in [0.05, 0.1) is 0 Å². The van der Waals surface area contributed by atoms with Crippen LogP contribution in [0.5, 0.6) is 0 Å². The Morgan fingerprint density at radius 2 is 2.31 bits per heavy atom. The van der Waals surface area contributed by atoms with Crippen molar-refractivity contribution in [3.63, 3.8) is 0 Å². The van der Waals surface area contributed by atoms with Crippen LogP contribution in [0.15, 0.2) is 0 Å². The van der Waals surface area contributed by atoms with Crippen LogP contribution < -0.4 is 5.32 Å². The number of carbonyl (C=O) groups excluding carboxylic acids is 1. The van der Waals surface area contributed by atoms with Crippen LogP contribution in [-0.4, -0.2) is 24.2 Å². The lowest BCUT2D eigenvalue weighted by atomic mass is 10.1. The summed E-state index contributed by atoms with van der Waals surface area (Å²) in [6, 6.07) is -0.0641. The molecule has 3 nitrogen and oxygen atoms in total. The summed E-state index contributed by atoms with van der Waals surface area (Å²) in [4.78, 5) is 11.5. The van der Waals surface area contributed by atoms with Crippen molar-refractivity contribution in [3.8, 4) is 0 Å². The van der Waals surface area contributed by atoms with Crippen molar-refractivity contribution in [2.24, 2.45) is 0 Å². The number of rotatable bonds is 3. The molecule has 1 N–H and O–H groups in total. The Morgan fingerprint density at radius 1 is 1.62 bits per heavy atom. The fraction of sp³-hybridized carbons (Fsp3) is 0.900. The van der Waals surface area contributed by atoms with Crippen LogP contribution in [0.1, 0.15) is 40.0 Å². The number of esters is 1. The maximum Gasteiger partial charge on any atom is 0.323 e. The molecule has 0 amide bonds. The Labute approximate surface area is 79.8 Å². The molecular formula is C10H19NO2. The second kappa shape index (κ2) is 4.09. The number of hydrogen-bond donors (Lipinski definition) is 1. The lowest BCUT2D eigenvalue weighted by Crippen LogP contribution is -2.38. The minimum Gasteiger partial charge on any atom is -0.459 e. The first-order valence-corrected chi connectivity index (χ1v) is 5.01.